The van der Waals surface area contributed by atoms with Crippen LogP contribution >= 0.6 is 0 Å². The summed E-state index contributed by atoms with van der Waals surface area (Å²) in [6, 6.07) is 15.8. The molecule has 5 heteroatoms. The quantitative estimate of drug-likeness (QED) is 0.778. The van der Waals surface area contributed by atoms with Crippen molar-refractivity contribution in [1.82, 2.24) is 0 Å². The van der Waals surface area contributed by atoms with Gasteiger partial charge in [-0.15, -0.1) is 0 Å². The normalized spacial score (nSPS) is 11.7. The second-order valence-corrected chi connectivity index (χ2v) is 7.53. The fraction of sp³-hybridized carbons (Fsp3) is 0.143. The van der Waals surface area contributed by atoms with E-state index in [-0.39, 0.29) is 0 Å². The van der Waals surface area contributed by atoms with Crippen LogP contribution in [0.1, 0.15) is 5.56 Å². The van der Waals surface area contributed by atoms with Gasteiger partial charge in [-0.25, -0.2) is 0 Å². The minimum absolute atomic E-state index is 0.428. The van der Waals surface area contributed by atoms with Crippen LogP contribution in [-0.4, -0.2) is 14.7 Å². The molecule has 3 nitrogen and oxygen atoms in total. The maximum absolute atomic E-state index is 11.1. The van der Waals surface area contributed by atoms with E-state index in [0.717, 1.165) is 27.0 Å². The van der Waals surface area contributed by atoms with E-state index >= 15 is 0 Å². The zero-order chi connectivity index (χ0) is 13.9. The van der Waals surface area contributed by atoms with Crippen LogP contribution in [0.15, 0.2) is 48.5 Å². The van der Waals surface area contributed by atoms with Crippen LogP contribution in [0.2, 0.25) is 0 Å². The van der Waals surface area contributed by atoms with Gasteiger partial charge in [-0.05, 0) is 0 Å². The maximum atomic E-state index is 11.1. The topological polar surface area (TPSA) is 43.4 Å². The predicted molar refractivity (Wildman–Crippen MR) is 72.2 cm³/mol. The van der Waals surface area contributed by atoms with E-state index in [9.17, 15) is 8.42 Å². The summed E-state index contributed by atoms with van der Waals surface area (Å²) >= 11 is -0.428. The van der Waals surface area contributed by atoms with Crippen molar-refractivity contribution >= 4 is 14.2 Å². The first-order valence-electron chi connectivity index (χ1n) is 5.60. The molecule has 0 aromatic heterocycles. The third-order valence-electron chi connectivity index (χ3n) is 2.47. The molecule has 0 aliphatic rings. The molecule has 0 aliphatic carbocycles. The van der Waals surface area contributed by atoms with E-state index in [2.05, 4.69) is 0 Å². The Kier molecular flexibility index (Phi) is 4.54. The Bertz CT molecular complexity index is 681. The monoisotopic (exact) mass is 368 g/mol. The van der Waals surface area contributed by atoms with Gasteiger partial charge in [0.25, 0.3) is 0 Å². The zero-order valence-corrected chi connectivity index (χ0v) is 12.9. The van der Waals surface area contributed by atoms with Crippen LogP contribution in [0, 0.1) is 6.92 Å². The van der Waals surface area contributed by atoms with Gasteiger partial charge >= 0.3 is 122 Å². The van der Waals surface area contributed by atoms with Crippen LogP contribution in [0.5, 0.6) is 0 Å². The molecule has 0 unspecified atom stereocenters. The molecular formula is C14H14O3PdS. The van der Waals surface area contributed by atoms with Crippen molar-refractivity contribution in [3.05, 3.63) is 54.1 Å². The summed E-state index contributed by atoms with van der Waals surface area (Å²) in [5.41, 5.74) is 3.29. The third-order valence-corrected chi connectivity index (χ3v) is 5.54. The molecule has 2 rings (SSSR count). The Balaban J connectivity index is 2.39. The standard InChI is InChI=1S/C13H11.CH4O3S.Pd/c1-11-7-5-6-10-13(11)12-8-3-2-4-9-12;1-5(2,3)4;/h2-8,10H,1H3;1H3,(H,2,3,4);/q;;+1/p-1. The summed E-state index contributed by atoms with van der Waals surface area (Å²) in [4.78, 5) is 0. The van der Waals surface area contributed by atoms with Crippen molar-refractivity contribution < 1.29 is 29.7 Å². The molecule has 0 N–H and O–H groups in total. The van der Waals surface area contributed by atoms with E-state index in [1.807, 2.05) is 55.5 Å². The molecule has 0 bridgehead atoms. The van der Waals surface area contributed by atoms with Gasteiger partial charge in [0, 0.05) is 0 Å². The van der Waals surface area contributed by atoms with Gasteiger partial charge in [0.05, 0.1) is 0 Å². The Morgan fingerprint density at radius 2 is 1.53 bits per heavy atom. The van der Waals surface area contributed by atoms with Gasteiger partial charge in [0.15, 0.2) is 0 Å². The van der Waals surface area contributed by atoms with Crippen molar-refractivity contribution in [2.45, 2.75) is 6.92 Å². The second-order valence-electron chi connectivity index (χ2n) is 4.08. The van der Waals surface area contributed by atoms with Crippen molar-refractivity contribution in [2.24, 2.45) is 0 Å². The molecule has 0 amide bonds. The van der Waals surface area contributed by atoms with Gasteiger partial charge in [-0.1, -0.05) is 0 Å². The predicted octanol–water partition coefficient (Wildman–Crippen LogP) is 2.26. The van der Waals surface area contributed by atoms with E-state index in [4.69, 9.17) is 2.91 Å². The van der Waals surface area contributed by atoms with Gasteiger partial charge < -0.3 is 0 Å². The molecule has 0 radical (unpaired) electrons. The van der Waals surface area contributed by atoms with Gasteiger partial charge in [-0.3, -0.25) is 0 Å². The molecule has 2 aromatic rings. The first-order valence-corrected chi connectivity index (χ1v) is 8.83. The average Bonchev–Trinajstić information content (AvgIpc) is 2.37. The van der Waals surface area contributed by atoms with Crippen LogP contribution in [0.3, 0.4) is 0 Å². The molecule has 19 heavy (non-hydrogen) atoms. The summed E-state index contributed by atoms with van der Waals surface area (Å²) in [5, 5.41) is 0. The van der Waals surface area contributed by atoms with Crippen molar-refractivity contribution in [3.8, 4) is 11.1 Å². The van der Waals surface area contributed by atoms with Crippen molar-refractivity contribution in [1.29, 1.82) is 0 Å². The Morgan fingerprint density at radius 3 is 2.16 bits per heavy atom. The Labute approximate surface area is 122 Å². The number of aryl methyl sites for hydroxylation is 1. The molecule has 0 heterocycles. The molecule has 0 aliphatic heterocycles. The molecule has 104 valence electrons. The van der Waals surface area contributed by atoms with Crippen molar-refractivity contribution in [3.63, 3.8) is 0 Å². The van der Waals surface area contributed by atoms with Gasteiger partial charge in [0.2, 0.25) is 0 Å². The average molecular weight is 369 g/mol. The van der Waals surface area contributed by atoms with Crippen LogP contribution in [-0.2, 0) is 31.4 Å². The van der Waals surface area contributed by atoms with Crippen LogP contribution < -0.4 is 4.04 Å². The second kappa shape index (κ2) is 5.98. The molecule has 0 fully saturated rings. The summed E-state index contributed by atoms with van der Waals surface area (Å²) in [6.07, 6.45) is 1.07. The minimum atomic E-state index is -3.41. The third kappa shape index (κ3) is 3.99. The molecule has 2 aromatic carbocycles. The fourth-order valence-corrected chi connectivity index (χ4v) is 3.71. The first-order chi connectivity index (χ1) is 8.97. The number of hydrogen-bond acceptors (Lipinski definition) is 3. The number of hydrogen-bond donors (Lipinski definition) is 0. The molecule has 0 atom stereocenters. The van der Waals surface area contributed by atoms with Gasteiger partial charge in [-0.2, -0.15) is 0 Å². The molecule has 0 saturated heterocycles. The zero-order valence-electron chi connectivity index (χ0n) is 10.6. The number of benzene rings is 2. The SMILES string of the molecule is Cc1ccccc1-c1cccc[c]1[Pd][O]S(C)(=O)=O. The summed E-state index contributed by atoms with van der Waals surface area (Å²) in [6.45, 7) is 2.04. The summed E-state index contributed by atoms with van der Waals surface area (Å²) in [5.74, 6) is 0. The van der Waals surface area contributed by atoms with E-state index in [1.54, 1.807) is 0 Å². The molecule has 0 spiro atoms. The van der Waals surface area contributed by atoms with E-state index < -0.39 is 28.5 Å². The van der Waals surface area contributed by atoms with E-state index in [0.29, 0.717) is 0 Å². The fourth-order valence-electron chi connectivity index (χ4n) is 1.67. The van der Waals surface area contributed by atoms with Crippen molar-refractivity contribution in [2.75, 3.05) is 6.26 Å². The summed E-state index contributed by atoms with van der Waals surface area (Å²) < 4.78 is 28.1. The van der Waals surface area contributed by atoms with Gasteiger partial charge in [0.1, 0.15) is 0 Å². The van der Waals surface area contributed by atoms with Crippen LogP contribution in [0.4, 0.5) is 0 Å². The Hall–Kier alpha value is -0.988. The molecular weight excluding hydrogens is 355 g/mol. The molecule has 0 saturated carbocycles. The van der Waals surface area contributed by atoms with Crippen LogP contribution in [0.25, 0.3) is 11.1 Å². The van der Waals surface area contributed by atoms with E-state index in [1.165, 1.54) is 0 Å². The Morgan fingerprint density at radius 1 is 0.947 bits per heavy atom. The summed E-state index contributed by atoms with van der Waals surface area (Å²) in [7, 11) is -3.41. The first kappa shape index (κ1) is 14.4. The number of rotatable bonds is 4.